The fourth-order valence-corrected chi connectivity index (χ4v) is 5.37. The number of amides is 2. The Labute approximate surface area is 182 Å². The first kappa shape index (κ1) is 23.1. The summed E-state index contributed by atoms with van der Waals surface area (Å²) in [6, 6.07) is 1.94. The Morgan fingerprint density at radius 1 is 1.26 bits per heavy atom. The predicted molar refractivity (Wildman–Crippen MR) is 113 cm³/mol. The van der Waals surface area contributed by atoms with Gasteiger partial charge in [-0.15, -0.1) is 0 Å². The van der Waals surface area contributed by atoms with Crippen LogP contribution < -0.4 is 5.73 Å². The number of piperidine rings is 1. The largest absolute Gasteiger partial charge is 0.483 e. The van der Waals surface area contributed by atoms with Gasteiger partial charge in [0, 0.05) is 25.2 Å². The molecule has 1 aromatic heterocycles. The third-order valence-electron chi connectivity index (χ3n) is 6.76. The molecule has 3 fully saturated rings. The van der Waals surface area contributed by atoms with E-state index in [1.807, 2.05) is 11.8 Å². The van der Waals surface area contributed by atoms with E-state index in [2.05, 4.69) is 5.10 Å². The van der Waals surface area contributed by atoms with E-state index in [1.165, 1.54) is 4.68 Å². The molecular weight excluding hydrogens is 402 g/mol. The van der Waals surface area contributed by atoms with Crippen LogP contribution in [0.3, 0.4) is 0 Å². The zero-order valence-corrected chi connectivity index (χ0v) is 18.1. The second-order valence-corrected chi connectivity index (χ2v) is 8.72. The molecule has 4 N–H and O–H groups in total. The first-order valence-electron chi connectivity index (χ1n) is 11.0. The lowest BCUT2D eigenvalue weighted by Crippen LogP contribution is -2.63. The van der Waals surface area contributed by atoms with Gasteiger partial charge in [-0.05, 0) is 58.3 Å². The molecule has 2 saturated heterocycles. The number of anilines is 1. The summed E-state index contributed by atoms with van der Waals surface area (Å²) in [6.07, 6.45) is 6.19. The maximum Gasteiger partial charge on any atom is 0.290 e. The van der Waals surface area contributed by atoms with Crippen LogP contribution >= 0.6 is 0 Å². The molecule has 1 atom stereocenters. The molecule has 4 rings (SSSR count). The molecule has 172 valence electrons. The number of aliphatic hydroxyl groups is 1. The van der Waals surface area contributed by atoms with Gasteiger partial charge in [0.05, 0.1) is 11.8 Å². The number of aryl methyl sites for hydroxylation is 1. The molecule has 10 heteroatoms. The lowest BCUT2D eigenvalue weighted by atomic mass is 9.82. The summed E-state index contributed by atoms with van der Waals surface area (Å²) in [5, 5.41) is 21.0. The third kappa shape index (κ3) is 4.68. The van der Waals surface area contributed by atoms with E-state index in [-0.39, 0.29) is 37.0 Å². The topological polar surface area (TPSA) is 142 Å². The van der Waals surface area contributed by atoms with Gasteiger partial charge in [0.15, 0.2) is 0 Å². The van der Waals surface area contributed by atoms with E-state index in [4.69, 9.17) is 15.6 Å². The Hall–Kier alpha value is -2.62. The number of nitrogens with zero attached hydrogens (tertiary/aromatic N) is 4. The van der Waals surface area contributed by atoms with Crippen LogP contribution in [0.2, 0.25) is 0 Å². The van der Waals surface area contributed by atoms with Gasteiger partial charge in [-0.1, -0.05) is 0 Å². The molecule has 2 amide bonds. The Morgan fingerprint density at radius 3 is 2.45 bits per heavy atom. The van der Waals surface area contributed by atoms with Crippen LogP contribution in [0.15, 0.2) is 6.07 Å². The number of rotatable bonds is 3. The van der Waals surface area contributed by atoms with Gasteiger partial charge in [-0.3, -0.25) is 14.4 Å². The predicted octanol–water partition coefficient (Wildman–Crippen LogP) is 0.762. The molecule has 1 aliphatic carbocycles. The number of hydrogen-bond donors (Lipinski definition) is 3. The highest BCUT2D eigenvalue weighted by atomic mass is 16.3. The molecule has 10 nitrogen and oxygen atoms in total. The Kier molecular flexibility index (Phi) is 7.19. The lowest BCUT2D eigenvalue weighted by molar-refractivity contribution is -0.158. The third-order valence-corrected chi connectivity index (χ3v) is 6.76. The van der Waals surface area contributed by atoms with Crippen molar-refractivity contribution in [2.75, 3.05) is 18.8 Å². The first-order valence-corrected chi connectivity index (χ1v) is 11.0. The second kappa shape index (κ2) is 9.67. The van der Waals surface area contributed by atoms with E-state index in [0.717, 1.165) is 63.6 Å². The minimum atomic E-state index is -0.706. The van der Waals surface area contributed by atoms with Crippen molar-refractivity contribution in [1.29, 1.82) is 0 Å². The quantitative estimate of drug-likeness (QED) is 0.595. The SMILES string of the molecule is Cc1cc(N)n(CC(=O)N2CCCC23CCCN(C2CCC(O)CC2)C3=O)n1.O=CO. The number of carboxylic acid groups (broad SMARTS) is 1. The molecule has 0 aromatic carbocycles. The van der Waals surface area contributed by atoms with E-state index in [9.17, 15) is 14.7 Å². The molecule has 31 heavy (non-hydrogen) atoms. The highest BCUT2D eigenvalue weighted by Gasteiger charge is 2.53. The molecule has 1 spiro atoms. The van der Waals surface area contributed by atoms with Crippen LogP contribution in [0.25, 0.3) is 0 Å². The zero-order valence-electron chi connectivity index (χ0n) is 18.1. The molecular formula is C21H33N5O5. The normalized spacial score (nSPS) is 28.4. The smallest absolute Gasteiger partial charge is 0.290 e. The van der Waals surface area contributed by atoms with Gasteiger partial charge in [0.25, 0.3) is 6.47 Å². The average molecular weight is 436 g/mol. The van der Waals surface area contributed by atoms with E-state index in [1.54, 1.807) is 11.0 Å². The van der Waals surface area contributed by atoms with Gasteiger partial charge >= 0.3 is 0 Å². The second-order valence-electron chi connectivity index (χ2n) is 8.72. The van der Waals surface area contributed by atoms with E-state index < -0.39 is 5.54 Å². The zero-order chi connectivity index (χ0) is 22.6. The number of hydrogen-bond acceptors (Lipinski definition) is 6. The fourth-order valence-electron chi connectivity index (χ4n) is 5.37. The van der Waals surface area contributed by atoms with Crippen LogP contribution in [-0.4, -0.2) is 78.9 Å². The molecule has 2 aliphatic heterocycles. The molecule has 0 bridgehead atoms. The first-order chi connectivity index (χ1) is 14.8. The molecule has 1 unspecified atom stereocenters. The van der Waals surface area contributed by atoms with Crippen LogP contribution in [0.4, 0.5) is 5.82 Å². The maximum absolute atomic E-state index is 13.6. The van der Waals surface area contributed by atoms with Gasteiger partial charge in [0.2, 0.25) is 11.8 Å². The highest BCUT2D eigenvalue weighted by Crippen LogP contribution is 2.40. The van der Waals surface area contributed by atoms with E-state index in [0.29, 0.717) is 12.4 Å². The molecule has 3 aliphatic rings. The molecule has 0 radical (unpaired) electrons. The van der Waals surface area contributed by atoms with Crippen molar-refractivity contribution in [1.82, 2.24) is 19.6 Å². The summed E-state index contributed by atoms with van der Waals surface area (Å²) in [5.41, 5.74) is 6.02. The monoisotopic (exact) mass is 435 g/mol. The van der Waals surface area contributed by atoms with Gasteiger partial charge < -0.3 is 25.7 Å². The Bertz CT molecular complexity index is 804. The van der Waals surface area contributed by atoms with Gasteiger partial charge in [0.1, 0.15) is 17.9 Å². The van der Waals surface area contributed by atoms with Crippen molar-refractivity contribution in [3.05, 3.63) is 11.8 Å². The van der Waals surface area contributed by atoms with Crippen LogP contribution in [0.5, 0.6) is 0 Å². The number of nitrogen functional groups attached to an aromatic ring is 1. The van der Waals surface area contributed by atoms with Crippen molar-refractivity contribution < 1.29 is 24.6 Å². The number of carbonyl (C=O) groups is 3. The number of likely N-dealkylation sites (tertiary alicyclic amines) is 2. The Morgan fingerprint density at radius 2 is 1.87 bits per heavy atom. The maximum atomic E-state index is 13.6. The summed E-state index contributed by atoms with van der Waals surface area (Å²) in [4.78, 5) is 38.9. The fraction of sp³-hybridized carbons (Fsp3) is 0.714. The molecule has 1 aromatic rings. The minimum Gasteiger partial charge on any atom is -0.483 e. The Balaban J connectivity index is 0.000000858. The average Bonchev–Trinajstić information content (AvgIpc) is 3.29. The highest BCUT2D eigenvalue weighted by molar-refractivity contribution is 5.93. The standard InChI is InChI=1S/C20H31N5O3.CH2O2/c1-14-12-17(21)25(22-14)13-18(27)24-11-3-9-20(24)8-2-10-23(19(20)28)15-4-6-16(26)7-5-15;2-1-3/h12,15-16,26H,2-11,13,21H2,1H3;1H,(H,2,3). The van der Waals surface area contributed by atoms with Crippen molar-refractivity contribution >= 4 is 24.1 Å². The summed E-state index contributed by atoms with van der Waals surface area (Å²) < 4.78 is 1.53. The van der Waals surface area contributed by atoms with Crippen LogP contribution in [0.1, 0.15) is 57.1 Å². The molecule has 3 heterocycles. The van der Waals surface area contributed by atoms with E-state index >= 15 is 0 Å². The summed E-state index contributed by atoms with van der Waals surface area (Å²) >= 11 is 0. The van der Waals surface area contributed by atoms with Crippen molar-refractivity contribution in [3.63, 3.8) is 0 Å². The van der Waals surface area contributed by atoms with Crippen LogP contribution in [0, 0.1) is 6.92 Å². The van der Waals surface area contributed by atoms with Crippen molar-refractivity contribution in [2.24, 2.45) is 0 Å². The number of aromatic nitrogens is 2. The van der Waals surface area contributed by atoms with Gasteiger partial charge in [-0.2, -0.15) is 5.10 Å². The summed E-state index contributed by atoms with van der Waals surface area (Å²) in [6.45, 7) is 3.04. The lowest BCUT2D eigenvalue weighted by Gasteiger charge is -2.48. The van der Waals surface area contributed by atoms with Crippen molar-refractivity contribution in [3.8, 4) is 0 Å². The van der Waals surface area contributed by atoms with Crippen molar-refractivity contribution in [2.45, 2.75) is 82.5 Å². The number of carbonyl (C=O) groups excluding carboxylic acids is 2. The summed E-state index contributed by atoms with van der Waals surface area (Å²) in [7, 11) is 0. The van der Waals surface area contributed by atoms with Gasteiger partial charge in [-0.25, -0.2) is 4.68 Å². The number of aliphatic hydroxyl groups excluding tert-OH is 1. The van der Waals surface area contributed by atoms with Crippen LogP contribution in [-0.2, 0) is 20.9 Å². The summed E-state index contributed by atoms with van der Waals surface area (Å²) in [5.74, 6) is 0.494. The number of nitrogens with two attached hydrogens (primary N) is 1. The minimum absolute atomic E-state index is 0.0737. The molecule has 1 saturated carbocycles.